The van der Waals surface area contributed by atoms with E-state index >= 15 is 0 Å². The summed E-state index contributed by atoms with van der Waals surface area (Å²) in [5, 5.41) is 2.74. The Kier molecular flexibility index (Phi) is 5.65. The molecule has 0 radical (unpaired) electrons. The van der Waals surface area contributed by atoms with Gasteiger partial charge in [0, 0.05) is 27.2 Å². The van der Waals surface area contributed by atoms with Gasteiger partial charge in [0.1, 0.15) is 4.83 Å². The molecule has 4 rings (SSSR count). The lowest BCUT2D eigenvalue weighted by Gasteiger charge is -2.13. The summed E-state index contributed by atoms with van der Waals surface area (Å²) in [6.07, 6.45) is 6.09. The fourth-order valence-electron chi connectivity index (χ4n) is 3.43. The molecule has 1 aliphatic carbocycles. The van der Waals surface area contributed by atoms with Crippen molar-refractivity contribution < 1.29 is 0 Å². The number of hydrogen-bond donors (Lipinski definition) is 0. The average Bonchev–Trinajstić information content (AvgIpc) is 3.02. The van der Waals surface area contributed by atoms with E-state index in [2.05, 4.69) is 6.58 Å². The van der Waals surface area contributed by atoms with Crippen molar-refractivity contribution in [2.75, 3.05) is 0 Å². The highest BCUT2D eigenvalue weighted by molar-refractivity contribution is 7.98. The molecule has 2 heterocycles. The van der Waals surface area contributed by atoms with Crippen LogP contribution in [-0.2, 0) is 25.1 Å². The number of fused-ring (bicyclic) bond motifs is 3. The lowest BCUT2D eigenvalue weighted by Crippen LogP contribution is -2.23. The van der Waals surface area contributed by atoms with Crippen LogP contribution in [0.2, 0.25) is 10.0 Å². The van der Waals surface area contributed by atoms with E-state index in [0.717, 1.165) is 35.0 Å². The van der Waals surface area contributed by atoms with Crippen molar-refractivity contribution >= 4 is 56.5 Å². The van der Waals surface area contributed by atoms with Gasteiger partial charge in [-0.15, -0.1) is 17.9 Å². The van der Waals surface area contributed by atoms with E-state index in [-0.39, 0.29) is 5.56 Å². The molecule has 27 heavy (non-hydrogen) atoms. The second-order valence-corrected chi connectivity index (χ2v) is 9.32. The quantitative estimate of drug-likeness (QED) is 0.274. The number of aryl methyl sites for hydroxylation is 2. The second kappa shape index (κ2) is 8.00. The lowest BCUT2D eigenvalue weighted by atomic mass is 9.97. The topological polar surface area (TPSA) is 34.9 Å². The summed E-state index contributed by atoms with van der Waals surface area (Å²) in [7, 11) is 0. The molecule has 0 N–H and O–H groups in total. The number of thioether (sulfide) groups is 1. The fraction of sp³-hybridized carbons (Fsp3) is 0.300. The first-order valence-corrected chi connectivity index (χ1v) is 11.4. The Morgan fingerprint density at radius 3 is 2.74 bits per heavy atom. The molecule has 0 fully saturated rings. The van der Waals surface area contributed by atoms with Crippen LogP contribution >= 0.6 is 46.3 Å². The number of rotatable bonds is 5. The van der Waals surface area contributed by atoms with Crippen LogP contribution in [0.5, 0.6) is 0 Å². The third-order valence-electron chi connectivity index (χ3n) is 4.76. The summed E-state index contributed by atoms with van der Waals surface area (Å²) in [5.41, 5.74) is 2.10. The predicted molar refractivity (Wildman–Crippen MR) is 117 cm³/mol. The summed E-state index contributed by atoms with van der Waals surface area (Å²) in [6.45, 7) is 4.24. The zero-order valence-corrected chi connectivity index (χ0v) is 17.8. The average molecular weight is 437 g/mol. The number of halogens is 2. The van der Waals surface area contributed by atoms with Crippen LogP contribution in [0.1, 0.15) is 28.8 Å². The highest BCUT2D eigenvalue weighted by atomic mass is 35.5. The van der Waals surface area contributed by atoms with Gasteiger partial charge in [-0.2, -0.15) is 0 Å². The minimum atomic E-state index is 0.0343. The molecule has 0 amide bonds. The zero-order chi connectivity index (χ0) is 19.0. The van der Waals surface area contributed by atoms with Crippen molar-refractivity contribution in [3.05, 3.63) is 67.3 Å². The van der Waals surface area contributed by atoms with Crippen molar-refractivity contribution in [2.45, 2.75) is 43.1 Å². The van der Waals surface area contributed by atoms with Gasteiger partial charge in [-0.1, -0.05) is 47.1 Å². The molecule has 1 aromatic carbocycles. The maximum absolute atomic E-state index is 13.2. The molecule has 3 aromatic rings. The van der Waals surface area contributed by atoms with Gasteiger partial charge >= 0.3 is 0 Å². The number of thiophene rings is 1. The third kappa shape index (κ3) is 3.58. The minimum absolute atomic E-state index is 0.0343. The van der Waals surface area contributed by atoms with E-state index in [9.17, 15) is 4.79 Å². The Labute approximate surface area is 176 Å². The number of hydrogen-bond acceptors (Lipinski definition) is 4. The van der Waals surface area contributed by atoms with Crippen LogP contribution in [0.15, 0.2) is 40.8 Å². The molecule has 140 valence electrons. The molecule has 0 spiro atoms. The van der Waals surface area contributed by atoms with Crippen molar-refractivity contribution in [1.82, 2.24) is 9.55 Å². The number of allylic oxidation sites excluding steroid dienone is 1. The molecule has 0 saturated heterocycles. The normalized spacial score (nSPS) is 13.7. The standard InChI is InChI=1S/C20H18Cl2N2OS2/c1-2-10-24-19(25)17-12-6-3-4-9-16(12)27-18(17)23-20(24)26-11-13-14(21)7-5-8-15(13)22/h2,5,7-8H,1,3-4,6,9-11H2. The maximum atomic E-state index is 13.2. The summed E-state index contributed by atoms with van der Waals surface area (Å²) in [6, 6.07) is 5.47. The van der Waals surface area contributed by atoms with Crippen LogP contribution in [0.25, 0.3) is 10.2 Å². The largest absolute Gasteiger partial charge is 0.283 e. The van der Waals surface area contributed by atoms with Crippen molar-refractivity contribution in [2.24, 2.45) is 0 Å². The molecule has 1 aliphatic rings. The zero-order valence-electron chi connectivity index (χ0n) is 14.6. The van der Waals surface area contributed by atoms with Gasteiger partial charge in [0.05, 0.1) is 5.39 Å². The first-order valence-electron chi connectivity index (χ1n) is 8.81. The molecular weight excluding hydrogens is 419 g/mol. The summed E-state index contributed by atoms with van der Waals surface area (Å²) in [5.74, 6) is 0.554. The number of benzene rings is 1. The van der Waals surface area contributed by atoms with E-state index in [1.165, 1.54) is 28.6 Å². The second-order valence-electron chi connectivity index (χ2n) is 6.48. The van der Waals surface area contributed by atoms with Crippen LogP contribution in [0, 0.1) is 0 Å². The Hall–Kier alpha value is -1.27. The van der Waals surface area contributed by atoms with Gasteiger partial charge in [-0.25, -0.2) is 4.98 Å². The molecule has 7 heteroatoms. The fourth-order valence-corrected chi connectivity index (χ4v) is 6.48. The van der Waals surface area contributed by atoms with E-state index in [4.69, 9.17) is 28.2 Å². The molecule has 0 bridgehead atoms. The predicted octanol–water partition coefficient (Wildman–Crippen LogP) is 6.12. The van der Waals surface area contributed by atoms with Gasteiger partial charge in [-0.05, 0) is 48.9 Å². The first kappa shape index (κ1) is 19.1. The molecule has 0 aliphatic heterocycles. The van der Waals surface area contributed by atoms with Crippen molar-refractivity contribution in [3.8, 4) is 0 Å². The van der Waals surface area contributed by atoms with E-state index < -0.39 is 0 Å². The van der Waals surface area contributed by atoms with Gasteiger partial charge in [0.2, 0.25) is 0 Å². The molecule has 0 saturated carbocycles. The Bertz CT molecular complexity index is 1070. The van der Waals surface area contributed by atoms with Gasteiger partial charge < -0.3 is 0 Å². The summed E-state index contributed by atoms with van der Waals surface area (Å²) < 4.78 is 1.71. The third-order valence-corrected chi connectivity index (χ3v) is 7.66. The smallest absolute Gasteiger partial charge is 0.263 e. The highest BCUT2D eigenvalue weighted by Gasteiger charge is 2.22. The SMILES string of the molecule is C=CCn1c(SCc2c(Cl)cccc2Cl)nc2sc3c(c2c1=O)CCCC3. The van der Waals surface area contributed by atoms with Gasteiger partial charge in [-0.3, -0.25) is 9.36 Å². The van der Waals surface area contributed by atoms with E-state index in [1.54, 1.807) is 22.0 Å². The van der Waals surface area contributed by atoms with Gasteiger partial charge in [0.25, 0.3) is 5.56 Å². The Balaban J connectivity index is 1.78. The minimum Gasteiger partial charge on any atom is -0.283 e. The maximum Gasteiger partial charge on any atom is 0.263 e. The molecule has 0 unspecified atom stereocenters. The first-order chi connectivity index (χ1) is 13.1. The van der Waals surface area contributed by atoms with Crippen molar-refractivity contribution in [1.29, 1.82) is 0 Å². The molecule has 0 atom stereocenters. The van der Waals surface area contributed by atoms with Crippen LogP contribution < -0.4 is 5.56 Å². The Morgan fingerprint density at radius 2 is 2.00 bits per heavy atom. The monoisotopic (exact) mass is 436 g/mol. The van der Waals surface area contributed by atoms with E-state index in [1.807, 2.05) is 18.2 Å². The highest BCUT2D eigenvalue weighted by Crippen LogP contribution is 2.36. The lowest BCUT2D eigenvalue weighted by molar-refractivity contribution is 0.668. The molecule has 3 nitrogen and oxygen atoms in total. The van der Waals surface area contributed by atoms with Crippen molar-refractivity contribution in [3.63, 3.8) is 0 Å². The van der Waals surface area contributed by atoms with Gasteiger partial charge in [0.15, 0.2) is 5.16 Å². The molecular formula is C20H18Cl2N2OS2. The number of nitrogens with zero attached hydrogens (tertiary/aromatic N) is 2. The van der Waals surface area contributed by atoms with Crippen LogP contribution in [-0.4, -0.2) is 9.55 Å². The van der Waals surface area contributed by atoms with Crippen LogP contribution in [0.3, 0.4) is 0 Å². The Morgan fingerprint density at radius 1 is 1.26 bits per heavy atom. The number of aromatic nitrogens is 2. The summed E-state index contributed by atoms with van der Waals surface area (Å²) in [4.78, 5) is 20.2. The van der Waals surface area contributed by atoms with Crippen LogP contribution in [0.4, 0.5) is 0 Å². The molecule has 2 aromatic heterocycles. The summed E-state index contributed by atoms with van der Waals surface area (Å²) >= 11 is 15.7. The van der Waals surface area contributed by atoms with E-state index in [0.29, 0.717) is 27.5 Å².